The molecule has 6 aromatic carbocycles. The number of aromatic nitrogens is 6. The summed E-state index contributed by atoms with van der Waals surface area (Å²) in [5.41, 5.74) is 5.33. The molecule has 1 radical (unpaired) electrons. The van der Waals surface area contributed by atoms with Crippen molar-refractivity contribution in [1.82, 2.24) is 30.4 Å². The molecule has 0 N–H and O–H groups in total. The predicted molar refractivity (Wildman–Crippen MR) is 267 cm³/mol. The third-order valence-electron chi connectivity index (χ3n) is 10.3. The van der Waals surface area contributed by atoms with Gasteiger partial charge in [-0.3, -0.25) is 9.97 Å². The number of hydrogen-bond acceptors (Lipinski definition) is 4. The number of pyridine rings is 2. The maximum absolute atomic E-state index is 4.81. The first-order valence-electron chi connectivity index (χ1n) is 20.1. The van der Waals surface area contributed by atoms with Gasteiger partial charge in [0, 0.05) is 34.6 Å². The number of fused-ring (bicyclic) bond motifs is 2. The molecule has 9 heteroatoms. The molecule has 6 nitrogen and oxygen atoms in total. The minimum atomic E-state index is -1.87. The molecule has 4 aromatic heterocycles. The molecule has 63 heavy (non-hydrogen) atoms. The molecule has 0 atom stereocenters. The zero-order chi connectivity index (χ0) is 41.9. The second-order valence-electron chi connectivity index (χ2n) is 14.5. The molecule has 0 bridgehead atoms. The molecule has 10 aromatic rings. The van der Waals surface area contributed by atoms with Gasteiger partial charge in [0.25, 0.3) is 0 Å². The molecule has 0 aliphatic rings. The second-order valence-corrected chi connectivity index (χ2v) is 19.9. The van der Waals surface area contributed by atoms with Crippen LogP contribution in [0.15, 0.2) is 218 Å². The van der Waals surface area contributed by atoms with Crippen LogP contribution in [-0.2, 0) is 19.5 Å². The van der Waals surface area contributed by atoms with E-state index in [9.17, 15) is 0 Å². The molecule has 0 saturated heterocycles. The molecule has 0 unspecified atom stereocenters. The van der Waals surface area contributed by atoms with Crippen LogP contribution in [-0.4, -0.2) is 20.2 Å². The van der Waals surface area contributed by atoms with Crippen LogP contribution in [0.2, 0.25) is 0 Å². The van der Waals surface area contributed by atoms with Crippen molar-refractivity contribution in [2.24, 2.45) is 0 Å². The predicted octanol–water partition coefficient (Wildman–Crippen LogP) is 11.5. The van der Waals surface area contributed by atoms with E-state index >= 15 is 0 Å². The van der Waals surface area contributed by atoms with E-state index in [-0.39, 0.29) is 26.9 Å². The Bertz CT molecular complexity index is 2770. The van der Waals surface area contributed by atoms with Gasteiger partial charge >= 0.3 is 19.5 Å². The van der Waals surface area contributed by atoms with Gasteiger partial charge in [-0.25, -0.2) is 0 Å². The van der Waals surface area contributed by atoms with Crippen LogP contribution < -0.4 is 31.4 Å². The van der Waals surface area contributed by atoms with E-state index in [0.717, 1.165) is 44.9 Å². The van der Waals surface area contributed by atoms with Crippen LogP contribution in [0.25, 0.3) is 44.3 Å². The van der Waals surface area contributed by atoms with E-state index < -0.39 is 15.2 Å². The summed E-state index contributed by atoms with van der Waals surface area (Å²) < 4.78 is 0. The van der Waals surface area contributed by atoms with E-state index in [1.807, 2.05) is 74.8 Å². The Hall–Kier alpha value is -6.22. The van der Waals surface area contributed by atoms with Crippen molar-refractivity contribution in [3.63, 3.8) is 0 Å². The average Bonchev–Trinajstić information content (AvgIpc) is 3.98. The summed E-state index contributed by atoms with van der Waals surface area (Å²) in [5.74, 6) is 4.88. The Balaban J connectivity index is 0.000000166. The molecule has 10 rings (SSSR count). The fraction of sp³-hybridized carbons (Fsp3) is 0.0556. The van der Waals surface area contributed by atoms with E-state index in [1.54, 1.807) is 0 Å². The summed E-state index contributed by atoms with van der Waals surface area (Å²) in [5, 5.41) is 26.3. The van der Waals surface area contributed by atoms with Gasteiger partial charge in [-0.2, -0.15) is 6.66 Å². The summed E-state index contributed by atoms with van der Waals surface area (Å²) in [6, 6.07) is 67.4. The standard InChI is InChI=1S/C27H24P2.2C13H10N3.CH4.Ru/c1-29(26-18-10-4-11-19-26,27-20-12-5-13-21-27)23-22-28(24-14-6-2-7-15-24)25-16-8-3-9-17-25;2*1-9-8-12(16-15-9)13-11-5-3-2-4-10(11)6-7-14-13;;/h2-23H,1H2;2*2-8H,1H3;1H4;/q;2*-1;;+3/p+1. The van der Waals surface area contributed by atoms with Gasteiger partial charge in [-0.1, -0.05) is 152 Å². The molecule has 0 amide bonds. The molecule has 0 spiro atoms. The van der Waals surface area contributed by atoms with Gasteiger partial charge in [0.15, 0.2) is 0 Å². The van der Waals surface area contributed by atoms with Gasteiger partial charge in [0.2, 0.25) is 0 Å². The average molecular weight is 945 g/mol. The minimum Gasteiger partial charge on any atom is -0.573 e. The molecule has 4 heterocycles. The largest absolute Gasteiger partial charge is 3.00 e. The quantitative estimate of drug-likeness (QED) is 0.0858. The Morgan fingerprint density at radius 1 is 0.492 bits per heavy atom. The van der Waals surface area contributed by atoms with Crippen LogP contribution in [0.1, 0.15) is 18.8 Å². The van der Waals surface area contributed by atoms with E-state index in [1.165, 1.54) is 32.0 Å². The van der Waals surface area contributed by atoms with E-state index in [4.69, 9.17) is 6.66 Å². The van der Waals surface area contributed by atoms with Gasteiger partial charge in [-0.05, 0) is 92.5 Å². The van der Waals surface area contributed by atoms with Crippen molar-refractivity contribution in [2.45, 2.75) is 21.3 Å². The van der Waals surface area contributed by atoms with Gasteiger partial charge in [0.1, 0.15) is 10.6 Å². The monoisotopic (exact) mass is 945 g/mol. The first-order chi connectivity index (χ1) is 30.0. The second kappa shape index (κ2) is 22.2. The maximum Gasteiger partial charge on any atom is 3.00 e. The van der Waals surface area contributed by atoms with E-state index in [0.29, 0.717) is 0 Å². The van der Waals surface area contributed by atoms with Crippen molar-refractivity contribution in [2.75, 3.05) is 0 Å². The van der Waals surface area contributed by atoms with Crippen molar-refractivity contribution in [3.8, 4) is 22.8 Å². The van der Waals surface area contributed by atoms with Gasteiger partial charge in [0.05, 0.1) is 41.6 Å². The number of nitrogens with zero attached hydrogens (tertiary/aromatic N) is 6. The van der Waals surface area contributed by atoms with E-state index in [2.05, 4.69) is 188 Å². The molecule has 0 saturated carbocycles. The molecule has 0 fully saturated rings. The smallest absolute Gasteiger partial charge is 0.573 e. The fourth-order valence-corrected chi connectivity index (χ4v) is 12.6. The number of hydrogen-bond donors (Lipinski definition) is 0. The Morgan fingerprint density at radius 2 is 0.857 bits per heavy atom. The zero-order valence-corrected chi connectivity index (χ0v) is 38.1. The van der Waals surface area contributed by atoms with Crippen molar-refractivity contribution >= 4 is 57.9 Å². The summed E-state index contributed by atoms with van der Waals surface area (Å²) in [4.78, 5) is 8.78. The van der Waals surface area contributed by atoms with Crippen molar-refractivity contribution in [1.29, 1.82) is 0 Å². The number of rotatable bonds is 8. The fourth-order valence-electron chi connectivity index (χ4n) is 7.16. The third-order valence-corrected chi connectivity index (χ3v) is 16.0. The molecule has 0 aliphatic carbocycles. The van der Waals surface area contributed by atoms with Gasteiger partial charge in [-0.15, -0.1) is 0 Å². The van der Waals surface area contributed by atoms with Crippen LogP contribution in [0, 0.1) is 20.5 Å². The van der Waals surface area contributed by atoms with Crippen LogP contribution in [0.5, 0.6) is 0 Å². The Labute approximate surface area is 385 Å². The van der Waals surface area contributed by atoms with Crippen molar-refractivity contribution < 1.29 is 19.5 Å². The molecule has 0 aliphatic heterocycles. The van der Waals surface area contributed by atoms with Crippen LogP contribution in [0.3, 0.4) is 0 Å². The summed E-state index contributed by atoms with van der Waals surface area (Å²) in [7, 11) is -2.91. The maximum atomic E-state index is 4.81. The first kappa shape index (κ1) is 46.3. The molecule has 311 valence electrons. The molecular weight excluding hydrogens is 896 g/mol. The minimum absolute atomic E-state index is 0. The van der Waals surface area contributed by atoms with Crippen LogP contribution in [0.4, 0.5) is 0 Å². The Kier molecular flexibility index (Phi) is 16.3. The van der Waals surface area contributed by atoms with Crippen LogP contribution >= 0.6 is 15.2 Å². The Morgan fingerprint density at radius 3 is 1.24 bits per heavy atom. The summed E-state index contributed by atoms with van der Waals surface area (Å²) >= 11 is 0. The number of benzene rings is 6. The van der Waals surface area contributed by atoms with Crippen molar-refractivity contribution in [3.05, 3.63) is 236 Å². The molecular formula is C54H49N6P2Ru+2. The van der Waals surface area contributed by atoms with Gasteiger partial charge < -0.3 is 20.4 Å². The summed E-state index contributed by atoms with van der Waals surface area (Å²) in [6.45, 7) is 8.67. The zero-order valence-electron chi connectivity index (χ0n) is 34.5. The first-order valence-corrected chi connectivity index (χ1v) is 23.7. The normalized spacial score (nSPS) is 10.9. The topological polar surface area (TPSA) is 79.8 Å². The summed E-state index contributed by atoms with van der Waals surface area (Å²) in [6.07, 6.45) is 3.61. The number of aryl methyl sites for hydroxylation is 2. The SMILES string of the molecule is C.Cc1cc(-c2nccc3ccccc23)[n-]n1.Cc1cc(-c2nccc3ccccc23)[n-]n1.[CH2-][P+](C=C[PH+](c1ccccc1)c1ccccc1)(c1ccccc1)c1ccccc1.[Ru+3]. The third kappa shape index (κ3) is 11.2.